The molecule has 0 spiro atoms. The average Bonchev–Trinajstić information content (AvgIpc) is 2.84. The number of amides is 1. The highest BCUT2D eigenvalue weighted by Crippen LogP contribution is 2.22. The molecule has 98 valence electrons. The Labute approximate surface area is 116 Å². The predicted molar refractivity (Wildman–Crippen MR) is 77.7 cm³/mol. The van der Waals surface area contributed by atoms with Gasteiger partial charge in [0.15, 0.2) is 0 Å². The van der Waals surface area contributed by atoms with Crippen LogP contribution in [0.2, 0.25) is 0 Å². The number of aryl methyl sites for hydroxylation is 1. The lowest BCUT2D eigenvalue weighted by Crippen LogP contribution is -2.19. The summed E-state index contributed by atoms with van der Waals surface area (Å²) in [5.41, 5.74) is 2.11. The van der Waals surface area contributed by atoms with Crippen LogP contribution in [-0.4, -0.2) is 19.0 Å². The van der Waals surface area contributed by atoms with Crippen molar-refractivity contribution in [2.24, 2.45) is 5.92 Å². The lowest BCUT2D eigenvalue weighted by Gasteiger charge is -2.12. The first kappa shape index (κ1) is 13.6. The summed E-state index contributed by atoms with van der Waals surface area (Å²) in [5, 5.41) is 6.31. The molecule has 0 aromatic heterocycles. The lowest BCUT2D eigenvalue weighted by molar-refractivity contribution is -0.116. The van der Waals surface area contributed by atoms with Gasteiger partial charge in [-0.2, -0.15) is 0 Å². The predicted octanol–water partition coefficient (Wildman–Crippen LogP) is 2.95. The van der Waals surface area contributed by atoms with Crippen LogP contribution >= 0.6 is 15.9 Å². The number of hydrogen-bond acceptors (Lipinski definition) is 2. The van der Waals surface area contributed by atoms with Crippen LogP contribution in [0.5, 0.6) is 0 Å². The first-order valence-electron chi connectivity index (χ1n) is 6.48. The molecule has 1 heterocycles. The molecule has 1 saturated heterocycles. The first-order chi connectivity index (χ1) is 8.69. The number of hydrogen-bond donors (Lipinski definition) is 2. The van der Waals surface area contributed by atoms with E-state index < -0.39 is 0 Å². The molecule has 18 heavy (non-hydrogen) atoms. The second-order valence-corrected chi connectivity index (χ2v) is 5.68. The quantitative estimate of drug-likeness (QED) is 0.897. The van der Waals surface area contributed by atoms with E-state index in [-0.39, 0.29) is 5.91 Å². The maximum absolute atomic E-state index is 12.0. The molecule has 1 aromatic carbocycles. The van der Waals surface area contributed by atoms with Gasteiger partial charge >= 0.3 is 0 Å². The van der Waals surface area contributed by atoms with E-state index in [9.17, 15) is 4.79 Å². The van der Waals surface area contributed by atoms with Crippen molar-refractivity contribution in [3.63, 3.8) is 0 Å². The summed E-state index contributed by atoms with van der Waals surface area (Å²) in [6.07, 6.45) is 2.64. The van der Waals surface area contributed by atoms with Crippen molar-refractivity contribution in [3.8, 4) is 0 Å². The monoisotopic (exact) mass is 310 g/mol. The minimum Gasteiger partial charge on any atom is -0.326 e. The molecule has 1 aliphatic rings. The number of halogens is 1. The van der Waals surface area contributed by atoms with Crippen molar-refractivity contribution in [1.82, 2.24) is 5.32 Å². The van der Waals surface area contributed by atoms with Gasteiger partial charge in [-0.05, 0) is 55.6 Å². The minimum atomic E-state index is 0.126. The van der Waals surface area contributed by atoms with Crippen molar-refractivity contribution in [2.75, 3.05) is 18.4 Å². The SMILES string of the molecule is CCc1cc(Br)ccc1NC(=O)CC1CCNC1. The Morgan fingerprint density at radius 3 is 3.06 bits per heavy atom. The number of benzene rings is 1. The molecule has 4 heteroatoms. The largest absolute Gasteiger partial charge is 0.326 e. The lowest BCUT2D eigenvalue weighted by atomic mass is 10.0. The summed E-state index contributed by atoms with van der Waals surface area (Å²) in [6, 6.07) is 5.99. The van der Waals surface area contributed by atoms with Gasteiger partial charge in [0.25, 0.3) is 0 Å². The van der Waals surface area contributed by atoms with Crippen LogP contribution in [0, 0.1) is 5.92 Å². The molecule has 0 saturated carbocycles. The van der Waals surface area contributed by atoms with Gasteiger partial charge in [0, 0.05) is 16.6 Å². The molecule has 0 bridgehead atoms. The molecule has 0 radical (unpaired) electrons. The zero-order valence-corrected chi connectivity index (χ0v) is 12.2. The molecule has 1 aliphatic heterocycles. The Morgan fingerprint density at radius 1 is 1.56 bits per heavy atom. The molecule has 3 nitrogen and oxygen atoms in total. The van der Waals surface area contributed by atoms with Crippen LogP contribution in [0.1, 0.15) is 25.3 Å². The second-order valence-electron chi connectivity index (χ2n) is 4.77. The molecule has 1 unspecified atom stereocenters. The van der Waals surface area contributed by atoms with Crippen LogP contribution in [0.15, 0.2) is 22.7 Å². The number of rotatable bonds is 4. The number of carbonyl (C=O) groups excluding carboxylic acids is 1. The third-order valence-corrected chi connectivity index (χ3v) is 3.85. The van der Waals surface area contributed by atoms with Crippen molar-refractivity contribution in [2.45, 2.75) is 26.2 Å². The van der Waals surface area contributed by atoms with Crippen LogP contribution in [0.25, 0.3) is 0 Å². The Kier molecular flexibility index (Phi) is 4.78. The van der Waals surface area contributed by atoms with Crippen LogP contribution in [0.3, 0.4) is 0 Å². The van der Waals surface area contributed by atoms with Gasteiger partial charge in [0.1, 0.15) is 0 Å². The van der Waals surface area contributed by atoms with Crippen LogP contribution < -0.4 is 10.6 Å². The smallest absolute Gasteiger partial charge is 0.224 e. The van der Waals surface area contributed by atoms with Crippen molar-refractivity contribution in [1.29, 1.82) is 0 Å². The topological polar surface area (TPSA) is 41.1 Å². The van der Waals surface area contributed by atoms with Gasteiger partial charge in [0.2, 0.25) is 5.91 Å². The molecule has 2 N–H and O–H groups in total. The highest BCUT2D eigenvalue weighted by molar-refractivity contribution is 9.10. The third-order valence-electron chi connectivity index (χ3n) is 3.36. The van der Waals surface area contributed by atoms with Gasteiger partial charge < -0.3 is 10.6 Å². The normalized spacial score (nSPS) is 18.9. The van der Waals surface area contributed by atoms with Crippen molar-refractivity contribution >= 4 is 27.5 Å². The van der Waals surface area contributed by atoms with E-state index in [1.54, 1.807) is 0 Å². The number of carbonyl (C=O) groups is 1. The molecule has 1 aromatic rings. The average molecular weight is 311 g/mol. The fourth-order valence-electron chi connectivity index (χ4n) is 2.33. The van der Waals surface area contributed by atoms with Crippen molar-refractivity contribution < 1.29 is 4.79 Å². The zero-order chi connectivity index (χ0) is 13.0. The molecular formula is C14H19BrN2O. The highest BCUT2D eigenvalue weighted by atomic mass is 79.9. The van der Waals surface area contributed by atoms with E-state index in [2.05, 4.69) is 39.6 Å². The molecule has 1 atom stereocenters. The van der Waals surface area contributed by atoms with E-state index in [0.717, 1.165) is 36.1 Å². The maximum Gasteiger partial charge on any atom is 0.224 e. The summed E-state index contributed by atoms with van der Waals surface area (Å²) in [6.45, 7) is 4.10. The first-order valence-corrected chi connectivity index (χ1v) is 7.27. The van der Waals surface area contributed by atoms with Gasteiger partial charge in [-0.15, -0.1) is 0 Å². The van der Waals surface area contributed by atoms with Crippen molar-refractivity contribution in [3.05, 3.63) is 28.2 Å². The standard InChI is InChI=1S/C14H19BrN2O/c1-2-11-8-12(15)3-4-13(11)17-14(18)7-10-5-6-16-9-10/h3-4,8,10,16H,2,5-7,9H2,1H3,(H,17,18). The fraction of sp³-hybridized carbons (Fsp3) is 0.500. The highest BCUT2D eigenvalue weighted by Gasteiger charge is 2.18. The number of anilines is 1. The van der Waals surface area contributed by atoms with E-state index in [1.807, 2.05) is 12.1 Å². The minimum absolute atomic E-state index is 0.126. The van der Waals surface area contributed by atoms with E-state index >= 15 is 0 Å². The van der Waals surface area contributed by atoms with Gasteiger partial charge in [0.05, 0.1) is 0 Å². The Balaban J connectivity index is 1.97. The molecule has 1 fully saturated rings. The Bertz CT molecular complexity index is 428. The van der Waals surface area contributed by atoms with E-state index in [0.29, 0.717) is 12.3 Å². The number of nitrogens with one attached hydrogen (secondary N) is 2. The van der Waals surface area contributed by atoms with Crippen LogP contribution in [0.4, 0.5) is 5.69 Å². The summed E-state index contributed by atoms with van der Waals surface area (Å²) in [4.78, 5) is 12.0. The van der Waals surface area contributed by atoms with E-state index in [4.69, 9.17) is 0 Å². The molecule has 2 rings (SSSR count). The van der Waals surface area contributed by atoms with Gasteiger partial charge in [-0.1, -0.05) is 22.9 Å². The Hall–Kier alpha value is -0.870. The molecule has 0 aliphatic carbocycles. The Morgan fingerprint density at radius 2 is 2.39 bits per heavy atom. The molecular weight excluding hydrogens is 292 g/mol. The van der Waals surface area contributed by atoms with Gasteiger partial charge in [-0.3, -0.25) is 4.79 Å². The zero-order valence-electron chi connectivity index (χ0n) is 10.6. The molecule has 1 amide bonds. The summed E-state index contributed by atoms with van der Waals surface area (Å²) in [7, 11) is 0. The van der Waals surface area contributed by atoms with Crippen LogP contribution in [-0.2, 0) is 11.2 Å². The van der Waals surface area contributed by atoms with E-state index in [1.165, 1.54) is 5.56 Å². The maximum atomic E-state index is 12.0. The second kappa shape index (κ2) is 6.34. The van der Waals surface area contributed by atoms with Gasteiger partial charge in [-0.25, -0.2) is 0 Å². The summed E-state index contributed by atoms with van der Waals surface area (Å²) in [5.74, 6) is 0.617. The summed E-state index contributed by atoms with van der Waals surface area (Å²) >= 11 is 3.45. The third kappa shape index (κ3) is 3.56. The summed E-state index contributed by atoms with van der Waals surface area (Å²) < 4.78 is 1.05. The fourth-order valence-corrected chi connectivity index (χ4v) is 2.74.